The highest BCUT2D eigenvalue weighted by Crippen LogP contribution is 2.30. The van der Waals surface area contributed by atoms with Gasteiger partial charge in [0.25, 0.3) is 0 Å². The lowest BCUT2D eigenvalue weighted by Gasteiger charge is -2.21. The summed E-state index contributed by atoms with van der Waals surface area (Å²) >= 11 is 0. The lowest BCUT2D eigenvalue weighted by molar-refractivity contribution is -0.116. The fourth-order valence-corrected chi connectivity index (χ4v) is 3.96. The number of fused-ring (bicyclic) bond motifs is 1. The molecule has 1 aromatic heterocycles. The number of anilines is 1. The van der Waals surface area contributed by atoms with E-state index in [0.29, 0.717) is 11.2 Å². The molecule has 0 radical (unpaired) electrons. The minimum absolute atomic E-state index is 0.119. The van der Waals surface area contributed by atoms with E-state index >= 15 is 0 Å². The molecule has 0 aliphatic carbocycles. The smallest absolute Gasteiger partial charge is 0.248 e. The average molecular weight is 411 g/mol. The Bertz CT molecular complexity index is 1230. The summed E-state index contributed by atoms with van der Waals surface area (Å²) in [6, 6.07) is 26.8. The van der Waals surface area contributed by atoms with Gasteiger partial charge in [-0.2, -0.15) is 0 Å². The Balaban J connectivity index is 1.72. The van der Waals surface area contributed by atoms with Crippen LogP contribution in [-0.4, -0.2) is 10.9 Å². The quantitative estimate of drug-likeness (QED) is 0.460. The lowest BCUT2D eigenvalue weighted by atomic mass is 9.85. The van der Waals surface area contributed by atoms with Crippen molar-refractivity contribution in [2.24, 2.45) is 0 Å². The molecule has 4 heteroatoms. The van der Waals surface area contributed by atoms with Gasteiger partial charge in [-0.25, -0.2) is 0 Å². The Morgan fingerprint density at radius 3 is 1.97 bits per heavy atom. The Kier molecular flexibility index (Phi) is 5.47. The highest BCUT2D eigenvalue weighted by molar-refractivity contribution is 5.99. The first-order valence-electron chi connectivity index (χ1n) is 10.4. The number of hydrogen-bond donors (Lipinski definition) is 2. The summed E-state index contributed by atoms with van der Waals surface area (Å²) in [6.07, 6.45) is 0. The van der Waals surface area contributed by atoms with Crippen molar-refractivity contribution in [2.45, 2.75) is 32.1 Å². The third-order valence-electron chi connectivity index (χ3n) is 5.45. The van der Waals surface area contributed by atoms with Crippen LogP contribution in [0.2, 0.25) is 0 Å². The zero-order valence-corrected chi connectivity index (χ0v) is 18.0. The molecule has 0 aliphatic heterocycles. The van der Waals surface area contributed by atoms with Gasteiger partial charge in [-0.05, 0) is 34.2 Å². The first-order chi connectivity index (χ1) is 14.8. The molecular formula is C27H26N2O2. The molecule has 0 aliphatic rings. The van der Waals surface area contributed by atoms with Crippen LogP contribution in [0.15, 0.2) is 89.7 Å². The molecule has 0 unspecified atom stereocenters. The summed E-state index contributed by atoms with van der Waals surface area (Å²) in [6.45, 7) is 6.25. The number of aromatic nitrogens is 1. The third kappa shape index (κ3) is 4.43. The Hall–Kier alpha value is -3.66. The fraction of sp³-hybridized carbons (Fsp3) is 0.185. The summed E-state index contributed by atoms with van der Waals surface area (Å²) in [7, 11) is 0. The number of carbonyl (C=O) groups excluding carboxylic acids is 1. The van der Waals surface area contributed by atoms with Crippen molar-refractivity contribution >= 4 is 22.5 Å². The minimum atomic E-state index is -0.432. The van der Waals surface area contributed by atoms with Crippen LogP contribution in [0.4, 0.5) is 5.69 Å². The number of nitrogens with one attached hydrogen (secondary N) is 2. The summed E-state index contributed by atoms with van der Waals surface area (Å²) in [5.74, 6) is -0.552. The van der Waals surface area contributed by atoms with Crippen LogP contribution >= 0.6 is 0 Å². The van der Waals surface area contributed by atoms with Crippen LogP contribution in [0.25, 0.3) is 10.9 Å². The maximum Gasteiger partial charge on any atom is 0.248 e. The molecular weight excluding hydrogens is 384 g/mol. The molecule has 1 heterocycles. The van der Waals surface area contributed by atoms with Crippen LogP contribution in [-0.2, 0) is 10.2 Å². The van der Waals surface area contributed by atoms with Crippen LogP contribution in [0.1, 0.15) is 43.4 Å². The van der Waals surface area contributed by atoms with Gasteiger partial charge in [-0.1, -0.05) is 87.5 Å². The molecule has 4 aromatic rings. The predicted octanol–water partition coefficient (Wildman–Crippen LogP) is 5.60. The largest absolute Gasteiger partial charge is 0.325 e. The average Bonchev–Trinajstić information content (AvgIpc) is 2.74. The third-order valence-corrected chi connectivity index (χ3v) is 5.45. The number of H-pyrrole nitrogens is 1. The van der Waals surface area contributed by atoms with Gasteiger partial charge in [0.15, 0.2) is 0 Å². The first kappa shape index (κ1) is 20.6. The van der Waals surface area contributed by atoms with Gasteiger partial charge >= 0.3 is 0 Å². The zero-order chi connectivity index (χ0) is 22.0. The molecule has 31 heavy (non-hydrogen) atoms. The number of pyridine rings is 1. The van der Waals surface area contributed by atoms with E-state index in [4.69, 9.17) is 0 Å². The second-order valence-electron chi connectivity index (χ2n) is 8.80. The fourth-order valence-electron chi connectivity index (χ4n) is 3.96. The maximum atomic E-state index is 13.4. The van der Waals surface area contributed by atoms with Gasteiger partial charge < -0.3 is 10.3 Å². The summed E-state index contributed by atoms with van der Waals surface area (Å²) in [4.78, 5) is 28.5. The standard InChI is InChI=1S/C27H26N2O2/c1-27(2,3)22-17-24(30)29-23-16-20(14-15-21(22)23)28-26(31)25(18-10-6-4-7-11-18)19-12-8-5-9-13-19/h4-17,25H,1-3H3,(H,28,31)(H,29,30). The molecule has 0 bridgehead atoms. The number of rotatable bonds is 4. The molecule has 0 spiro atoms. The maximum absolute atomic E-state index is 13.4. The molecule has 2 N–H and O–H groups in total. The van der Waals surface area contributed by atoms with Gasteiger partial charge in [0, 0.05) is 17.1 Å². The molecule has 0 atom stereocenters. The van der Waals surface area contributed by atoms with E-state index in [1.165, 1.54) is 0 Å². The summed E-state index contributed by atoms with van der Waals surface area (Å²) < 4.78 is 0. The van der Waals surface area contributed by atoms with Gasteiger partial charge in [0.05, 0.1) is 11.4 Å². The zero-order valence-electron chi connectivity index (χ0n) is 18.0. The van der Waals surface area contributed by atoms with Crippen molar-refractivity contribution < 1.29 is 4.79 Å². The van der Waals surface area contributed by atoms with Gasteiger partial charge in [-0.3, -0.25) is 9.59 Å². The van der Waals surface area contributed by atoms with E-state index in [1.807, 2.05) is 78.9 Å². The highest BCUT2D eigenvalue weighted by Gasteiger charge is 2.23. The normalized spacial score (nSPS) is 11.6. The van der Waals surface area contributed by atoms with Crippen molar-refractivity contribution in [3.63, 3.8) is 0 Å². The number of benzene rings is 3. The Morgan fingerprint density at radius 2 is 1.42 bits per heavy atom. The summed E-state index contributed by atoms with van der Waals surface area (Å²) in [5, 5.41) is 4.03. The van der Waals surface area contributed by atoms with Crippen molar-refractivity contribution in [1.82, 2.24) is 4.98 Å². The SMILES string of the molecule is CC(C)(C)c1cc(=O)[nH]c2cc(NC(=O)C(c3ccccc3)c3ccccc3)ccc12. The molecule has 1 amide bonds. The monoisotopic (exact) mass is 410 g/mol. The lowest BCUT2D eigenvalue weighted by Crippen LogP contribution is -2.22. The van der Waals surface area contributed by atoms with Crippen LogP contribution in [0.3, 0.4) is 0 Å². The van der Waals surface area contributed by atoms with Gasteiger partial charge in [0.1, 0.15) is 0 Å². The molecule has 0 saturated heterocycles. The van der Waals surface area contributed by atoms with E-state index in [2.05, 4.69) is 31.1 Å². The number of amides is 1. The highest BCUT2D eigenvalue weighted by atomic mass is 16.2. The van der Waals surface area contributed by atoms with Crippen LogP contribution in [0.5, 0.6) is 0 Å². The number of hydrogen-bond acceptors (Lipinski definition) is 2. The molecule has 156 valence electrons. The van der Waals surface area contributed by atoms with Gasteiger partial charge in [-0.15, -0.1) is 0 Å². The Morgan fingerprint density at radius 1 is 0.839 bits per heavy atom. The van der Waals surface area contributed by atoms with E-state index in [-0.39, 0.29) is 16.9 Å². The molecule has 4 rings (SSSR count). The summed E-state index contributed by atoms with van der Waals surface area (Å²) in [5.41, 5.74) is 3.89. The number of aromatic amines is 1. The molecule has 3 aromatic carbocycles. The first-order valence-corrected chi connectivity index (χ1v) is 10.4. The van der Waals surface area contributed by atoms with E-state index < -0.39 is 5.92 Å². The van der Waals surface area contributed by atoms with Gasteiger partial charge in [0.2, 0.25) is 11.5 Å². The number of carbonyl (C=O) groups is 1. The van der Waals surface area contributed by atoms with Crippen LogP contribution in [0, 0.1) is 0 Å². The Labute approximate surface area is 182 Å². The predicted molar refractivity (Wildman–Crippen MR) is 127 cm³/mol. The van der Waals surface area contributed by atoms with Crippen LogP contribution < -0.4 is 10.9 Å². The van der Waals surface area contributed by atoms with E-state index in [0.717, 1.165) is 22.1 Å². The van der Waals surface area contributed by atoms with E-state index in [9.17, 15) is 9.59 Å². The second-order valence-corrected chi connectivity index (χ2v) is 8.80. The van der Waals surface area contributed by atoms with Crippen molar-refractivity contribution in [2.75, 3.05) is 5.32 Å². The van der Waals surface area contributed by atoms with Crippen molar-refractivity contribution in [3.8, 4) is 0 Å². The van der Waals surface area contributed by atoms with Crippen molar-refractivity contribution in [3.05, 3.63) is 112 Å². The minimum Gasteiger partial charge on any atom is -0.325 e. The molecule has 4 nitrogen and oxygen atoms in total. The second kappa shape index (κ2) is 8.23. The molecule has 0 fully saturated rings. The molecule has 0 saturated carbocycles. The topological polar surface area (TPSA) is 62.0 Å². The van der Waals surface area contributed by atoms with Crippen molar-refractivity contribution in [1.29, 1.82) is 0 Å². The van der Waals surface area contributed by atoms with E-state index in [1.54, 1.807) is 6.07 Å².